The van der Waals surface area contributed by atoms with Crippen molar-refractivity contribution in [3.63, 3.8) is 0 Å². The largest absolute Gasteiger partial charge is 0.507 e. The molecule has 42 heavy (non-hydrogen) atoms. The van der Waals surface area contributed by atoms with E-state index in [1.807, 2.05) is 37.4 Å². The first-order valence-corrected chi connectivity index (χ1v) is 15.6. The molecule has 2 N–H and O–H groups in total. The Bertz CT molecular complexity index is 1630. The van der Waals surface area contributed by atoms with Crippen molar-refractivity contribution in [1.29, 1.82) is 0 Å². The molecule has 1 aromatic heterocycles. The summed E-state index contributed by atoms with van der Waals surface area (Å²) in [5.41, 5.74) is 4.40. The second-order valence-electron chi connectivity index (χ2n) is 12.7. The number of thioether (sulfide) groups is 1. The zero-order chi connectivity index (χ0) is 30.4. The first-order chi connectivity index (χ1) is 19.7. The molecule has 2 heterocycles. The third-order valence-electron chi connectivity index (χ3n) is 7.36. The van der Waals surface area contributed by atoms with Crippen LogP contribution in [0, 0.1) is 0 Å². The van der Waals surface area contributed by atoms with Crippen molar-refractivity contribution in [3.8, 4) is 11.5 Å². The quantitative estimate of drug-likeness (QED) is 0.226. The highest BCUT2D eigenvalue weighted by molar-refractivity contribution is 8.15. The standard InChI is InChI=1S/C33H37N3O4S2/c1-32(2,3)23-15-22(16-24(29(23)37)33(4,5)6)41-21-12-13-25-26(17-21)36(7)28(34-25)18-40-20-10-8-19(9-11-20)14-27-30(38)35-31(39)42-27/h8-13,15-17,27,37H,14,18H2,1-7H3,(H,35,38,39). The van der Waals surface area contributed by atoms with Crippen LogP contribution in [-0.2, 0) is 35.7 Å². The van der Waals surface area contributed by atoms with Gasteiger partial charge >= 0.3 is 0 Å². The highest BCUT2D eigenvalue weighted by Gasteiger charge is 2.31. The molecule has 0 aliphatic carbocycles. The summed E-state index contributed by atoms with van der Waals surface area (Å²) >= 11 is 2.72. The van der Waals surface area contributed by atoms with Gasteiger partial charge in [-0.15, -0.1) is 0 Å². The smallest absolute Gasteiger partial charge is 0.286 e. The molecule has 0 radical (unpaired) electrons. The Kier molecular flexibility index (Phi) is 8.11. The number of phenolic OH excluding ortho intramolecular Hbond substituents is 1. The van der Waals surface area contributed by atoms with Gasteiger partial charge in [-0.05, 0) is 65.3 Å². The second kappa shape index (κ2) is 11.3. The predicted molar refractivity (Wildman–Crippen MR) is 170 cm³/mol. The van der Waals surface area contributed by atoms with E-state index in [0.717, 1.165) is 55.1 Å². The number of rotatable bonds is 7. The third-order valence-corrected chi connectivity index (χ3v) is 9.30. The summed E-state index contributed by atoms with van der Waals surface area (Å²) < 4.78 is 8.10. The Labute approximate surface area is 255 Å². The number of aromatic nitrogens is 2. The molecule has 1 unspecified atom stereocenters. The van der Waals surface area contributed by atoms with Crippen molar-refractivity contribution in [1.82, 2.24) is 14.9 Å². The van der Waals surface area contributed by atoms with Gasteiger partial charge < -0.3 is 14.4 Å². The van der Waals surface area contributed by atoms with Gasteiger partial charge in [0.2, 0.25) is 5.91 Å². The lowest BCUT2D eigenvalue weighted by atomic mass is 9.79. The van der Waals surface area contributed by atoms with Crippen LogP contribution in [0.3, 0.4) is 0 Å². The molecule has 5 rings (SSSR count). The van der Waals surface area contributed by atoms with Crippen molar-refractivity contribution in [3.05, 3.63) is 77.1 Å². The number of nitrogens with zero attached hydrogens (tertiary/aromatic N) is 2. The Morgan fingerprint density at radius 2 is 1.60 bits per heavy atom. The van der Waals surface area contributed by atoms with Crippen LogP contribution >= 0.6 is 23.5 Å². The second-order valence-corrected chi connectivity index (χ2v) is 15.0. The van der Waals surface area contributed by atoms with Crippen LogP contribution in [0.2, 0.25) is 0 Å². The van der Waals surface area contributed by atoms with Gasteiger partial charge in [0.1, 0.15) is 23.9 Å². The summed E-state index contributed by atoms with van der Waals surface area (Å²) in [6, 6.07) is 18.1. The van der Waals surface area contributed by atoms with Gasteiger partial charge in [0.25, 0.3) is 5.24 Å². The number of benzene rings is 3. The monoisotopic (exact) mass is 603 g/mol. The van der Waals surface area contributed by atoms with Gasteiger partial charge in [-0.3, -0.25) is 14.9 Å². The fraction of sp³-hybridized carbons (Fsp3) is 0.364. The number of phenols is 1. The average Bonchev–Trinajstić information content (AvgIpc) is 3.39. The van der Waals surface area contributed by atoms with E-state index in [1.165, 1.54) is 0 Å². The number of imide groups is 1. The van der Waals surface area contributed by atoms with Crippen LogP contribution in [0.15, 0.2) is 64.4 Å². The van der Waals surface area contributed by atoms with E-state index in [0.29, 0.717) is 24.5 Å². The molecule has 1 aliphatic rings. The summed E-state index contributed by atoms with van der Waals surface area (Å²) in [4.78, 5) is 30.2. The molecule has 1 atom stereocenters. The van der Waals surface area contributed by atoms with E-state index in [-0.39, 0.29) is 27.2 Å². The van der Waals surface area contributed by atoms with Crippen LogP contribution in [0.1, 0.15) is 64.1 Å². The molecule has 4 aromatic rings. The maximum Gasteiger partial charge on any atom is 0.286 e. The van der Waals surface area contributed by atoms with E-state index in [9.17, 15) is 14.7 Å². The molecule has 1 saturated heterocycles. The molecule has 3 aromatic carbocycles. The molecular formula is C33H37N3O4S2. The molecule has 0 bridgehead atoms. The van der Waals surface area contributed by atoms with Crippen molar-refractivity contribution in [2.24, 2.45) is 7.05 Å². The molecule has 2 amide bonds. The molecule has 9 heteroatoms. The number of imidazole rings is 1. The Morgan fingerprint density at radius 1 is 0.952 bits per heavy atom. The number of carbonyl (C=O) groups excluding carboxylic acids is 2. The minimum atomic E-state index is -0.387. The van der Waals surface area contributed by atoms with Gasteiger partial charge in [0.05, 0.1) is 16.3 Å². The number of nitrogens with one attached hydrogen (secondary N) is 1. The zero-order valence-corrected chi connectivity index (χ0v) is 26.7. The van der Waals surface area contributed by atoms with Gasteiger partial charge in [0.15, 0.2) is 0 Å². The molecule has 1 aliphatic heterocycles. The lowest BCUT2D eigenvalue weighted by Crippen LogP contribution is -2.25. The Morgan fingerprint density at radius 3 is 2.17 bits per heavy atom. The molecule has 0 spiro atoms. The lowest BCUT2D eigenvalue weighted by molar-refractivity contribution is -0.118. The minimum absolute atomic E-state index is 0.187. The molecule has 1 fully saturated rings. The number of carbonyl (C=O) groups is 2. The highest BCUT2D eigenvalue weighted by Crippen LogP contribution is 2.43. The van der Waals surface area contributed by atoms with Gasteiger partial charge in [-0.1, -0.05) is 77.2 Å². The van der Waals surface area contributed by atoms with E-state index < -0.39 is 0 Å². The van der Waals surface area contributed by atoms with Crippen molar-refractivity contribution < 1.29 is 19.4 Å². The number of hydrogen-bond acceptors (Lipinski definition) is 7. The van der Waals surface area contributed by atoms with Crippen LogP contribution in [-0.4, -0.2) is 31.1 Å². The Hall–Kier alpha value is -3.43. The number of aromatic hydroxyl groups is 1. The van der Waals surface area contributed by atoms with E-state index in [1.54, 1.807) is 11.8 Å². The minimum Gasteiger partial charge on any atom is -0.507 e. The van der Waals surface area contributed by atoms with E-state index in [2.05, 4.69) is 75.7 Å². The van der Waals surface area contributed by atoms with Gasteiger partial charge in [-0.2, -0.15) is 0 Å². The number of fused-ring (bicyclic) bond motifs is 1. The van der Waals surface area contributed by atoms with Crippen LogP contribution in [0.5, 0.6) is 11.5 Å². The zero-order valence-electron chi connectivity index (χ0n) is 25.1. The van der Waals surface area contributed by atoms with Crippen molar-refractivity contribution >= 4 is 45.7 Å². The number of hydrogen-bond donors (Lipinski definition) is 2. The molecular weight excluding hydrogens is 567 g/mol. The van der Waals surface area contributed by atoms with Crippen LogP contribution < -0.4 is 10.1 Å². The molecule has 7 nitrogen and oxygen atoms in total. The normalized spacial score (nSPS) is 15.8. The van der Waals surface area contributed by atoms with Crippen LogP contribution in [0.4, 0.5) is 4.79 Å². The SMILES string of the molecule is Cn1c(COc2ccc(CC3SC(=O)NC3=O)cc2)nc2ccc(Sc3cc(C(C)(C)C)c(O)c(C(C)(C)C)c3)cc21. The van der Waals surface area contributed by atoms with Gasteiger partial charge in [-0.25, -0.2) is 4.98 Å². The van der Waals surface area contributed by atoms with Crippen molar-refractivity contribution in [2.75, 3.05) is 0 Å². The van der Waals surface area contributed by atoms with E-state index >= 15 is 0 Å². The summed E-state index contributed by atoms with van der Waals surface area (Å²) in [6.07, 6.45) is 0.493. The maximum atomic E-state index is 11.8. The van der Waals surface area contributed by atoms with E-state index in [4.69, 9.17) is 9.72 Å². The summed E-state index contributed by atoms with van der Waals surface area (Å²) in [5.74, 6) is 1.67. The fourth-order valence-corrected chi connectivity index (χ4v) is 6.76. The fourth-order valence-electron chi connectivity index (χ4n) is 4.97. The number of ether oxygens (including phenoxy) is 1. The van der Waals surface area contributed by atoms with Crippen LogP contribution in [0.25, 0.3) is 11.0 Å². The highest BCUT2D eigenvalue weighted by atomic mass is 32.2. The topological polar surface area (TPSA) is 93.5 Å². The maximum absolute atomic E-state index is 11.8. The summed E-state index contributed by atoms with van der Waals surface area (Å²) in [5, 5.41) is 12.7. The van der Waals surface area contributed by atoms with Crippen molar-refractivity contribution in [2.45, 2.75) is 80.4 Å². The third kappa shape index (κ3) is 6.47. The summed E-state index contributed by atoms with van der Waals surface area (Å²) in [6.45, 7) is 13.1. The first-order valence-electron chi connectivity index (χ1n) is 13.9. The average molecular weight is 604 g/mol. The number of aryl methyl sites for hydroxylation is 1. The lowest BCUT2D eigenvalue weighted by Gasteiger charge is -2.28. The summed E-state index contributed by atoms with van der Waals surface area (Å²) in [7, 11) is 1.99. The Balaban J connectivity index is 1.31. The molecule has 0 saturated carbocycles. The van der Waals surface area contributed by atoms with Gasteiger partial charge in [0, 0.05) is 28.0 Å². The molecule has 220 valence electrons. The first kappa shape index (κ1) is 30.0. The predicted octanol–water partition coefficient (Wildman–Crippen LogP) is 7.50. The number of amides is 2.